The van der Waals surface area contributed by atoms with Crippen LogP contribution in [0, 0.1) is 5.21 Å². The van der Waals surface area contributed by atoms with Crippen LogP contribution in [0.1, 0.15) is 42.2 Å². The van der Waals surface area contributed by atoms with Crippen LogP contribution < -0.4 is 19.8 Å². The molecule has 0 radical (unpaired) electrons. The molecule has 0 unspecified atom stereocenters. The Kier molecular flexibility index (Phi) is 5.92. The molecule has 1 saturated carbocycles. The number of anilines is 3. The molecule has 0 saturated heterocycles. The SMILES string of the molecule is CN(C)c1cc2nn(C3CCC(O)CC3)cc2cc1NC(=O)c1cccc(N(C)C)[n+]1[O-]. The fourth-order valence-electron chi connectivity index (χ4n) is 4.23. The Morgan fingerprint density at radius 3 is 2.53 bits per heavy atom. The highest BCUT2D eigenvalue weighted by Gasteiger charge is 2.23. The molecule has 2 heterocycles. The topological polar surface area (TPSA) is 101 Å². The van der Waals surface area contributed by atoms with Crippen molar-refractivity contribution in [3.8, 4) is 0 Å². The Labute approximate surface area is 187 Å². The summed E-state index contributed by atoms with van der Waals surface area (Å²) in [6.07, 6.45) is 5.13. The lowest BCUT2D eigenvalue weighted by Crippen LogP contribution is -2.41. The molecule has 9 heteroatoms. The standard InChI is InChI=1S/C23H30N6O3/c1-26(2)21-13-18-15(14-28(25-18)16-8-10-17(30)11-9-16)12-19(21)24-23(31)20-6-5-7-22(27(3)4)29(20)32/h5-7,12-14,16-17,30H,8-11H2,1-4H3,(H,24,31). The minimum absolute atomic E-state index is 0.0254. The Hall–Kier alpha value is -3.33. The number of nitrogens with zero attached hydrogens (tertiary/aromatic N) is 5. The zero-order valence-corrected chi connectivity index (χ0v) is 18.9. The molecule has 0 aliphatic heterocycles. The van der Waals surface area contributed by atoms with E-state index in [1.165, 1.54) is 6.07 Å². The Morgan fingerprint density at radius 2 is 1.88 bits per heavy atom. The van der Waals surface area contributed by atoms with E-state index in [4.69, 9.17) is 5.10 Å². The van der Waals surface area contributed by atoms with Crippen molar-refractivity contribution in [1.29, 1.82) is 0 Å². The highest BCUT2D eigenvalue weighted by molar-refractivity contribution is 6.05. The van der Waals surface area contributed by atoms with E-state index < -0.39 is 5.91 Å². The quantitative estimate of drug-likeness (QED) is 0.469. The average molecular weight is 439 g/mol. The Balaban J connectivity index is 1.66. The van der Waals surface area contributed by atoms with Crippen LogP contribution in [0.5, 0.6) is 0 Å². The van der Waals surface area contributed by atoms with Gasteiger partial charge in [0.1, 0.15) is 0 Å². The van der Waals surface area contributed by atoms with E-state index >= 15 is 0 Å². The van der Waals surface area contributed by atoms with E-state index in [0.29, 0.717) is 16.2 Å². The summed E-state index contributed by atoms with van der Waals surface area (Å²) in [5, 5.41) is 31.0. The van der Waals surface area contributed by atoms with Gasteiger partial charge in [-0.05, 0) is 49.9 Å². The van der Waals surface area contributed by atoms with Crippen molar-refractivity contribution >= 4 is 34.0 Å². The summed E-state index contributed by atoms with van der Waals surface area (Å²) in [5.74, 6) is -0.0837. The van der Waals surface area contributed by atoms with Crippen molar-refractivity contribution in [3.63, 3.8) is 0 Å². The van der Waals surface area contributed by atoms with Crippen LogP contribution in [-0.4, -0.2) is 55.1 Å². The van der Waals surface area contributed by atoms with Crippen LogP contribution in [0.4, 0.5) is 17.2 Å². The first-order valence-corrected chi connectivity index (χ1v) is 10.8. The number of hydrogen-bond donors (Lipinski definition) is 2. The number of fused-ring (bicyclic) bond motifs is 1. The second-order valence-electron chi connectivity index (χ2n) is 8.81. The molecule has 2 aromatic heterocycles. The van der Waals surface area contributed by atoms with Crippen molar-refractivity contribution in [2.45, 2.75) is 37.8 Å². The number of nitrogens with one attached hydrogen (secondary N) is 1. The summed E-state index contributed by atoms with van der Waals surface area (Å²) < 4.78 is 2.62. The molecule has 1 aliphatic carbocycles. The molecule has 170 valence electrons. The molecule has 9 nitrogen and oxygen atoms in total. The first-order valence-electron chi connectivity index (χ1n) is 10.8. The number of pyridine rings is 1. The molecule has 32 heavy (non-hydrogen) atoms. The fourth-order valence-corrected chi connectivity index (χ4v) is 4.23. The largest absolute Gasteiger partial charge is 0.710 e. The molecular formula is C23H30N6O3. The molecular weight excluding hydrogens is 408 g/mol. The molecule has 1 amide bonds. The highest BCUT2D eigenvalue weighted by Crippen LogP contribution is 2.33. The van der Waals surface area contributed by atoms with Crippen LogP contribution in [0.3, 0.4) is 0 Å². The van der Waals surface area contributed by atoms with Crippen molar-refractivity contribution in [2.75, 3.05) is 43.3 Å². The van der Waals surface area contributed by atoms with E-state index in [0.717, 1.165) is 42.3 Å². The third kappa shape index (κ3) is 4.20. The van der Waals surface area contributed by atoms with Gasteiger partial charge in [0.15, 0.2) is 5.69 Å². The molecule has 0 bridgehead atoms. The van der Waals surface area contributed by atoms with Crippen molar-refractivity contribution in [1.82, 2.24) is 9.78 Å². The molecule has 1 fully saturated rings. The summed E-state index contributed by atoms with van der Waals surface area (Å²) >= 11 is 0. The van der Waals surface area contributed by atoms with Crippen molar-refractivity contribution < 1.29 is 14.6 Å². The van der Waals surface area contributed by atoms with Crippen molar-refractivity contribution in [3.05, 3.63) is 47.4 Å². The van der Waals surface area contributed by atoms with Gasteiger partial charge in [0, 0.05) is 31.7 Å². The normalized spacial score (nSPS) is 18.5. The van der Waals surface area contributed by atoms with Crippen LogP contribution in [0.25, 0.3) is 10.9 Å². The second kappa shape index (κ2) is 8.66. The van der Waals surface area contributed by atoms with Gasteiger partial charge >= 0.3 is 0 Å². The number of carbonyl (C=O) groups is 1. The van der Waals surface area contributed by atoms with Gasteiger partial charge < -0.3 is 20.5 Å². The van der Waals surface area contributed by atoms with Crippen LogP contribution in [0.2, 0.25) is 0 Å². The number of carbonyl (C=O) groups excluding carboxylic acids is 1. The zero-order chi connectivity index (χ0) is 23.0. The number of amides is 1. The summed E-state index contributed by atoms with van der Waals surface area (Å²) in [5.41, 5.74) is 2.28. The Morgan fingerprint density at radius 1 is 1.16 bits per heavy atom. The molecule has 1 aliphatic rings. The monoisotopic (exact) mass is 438 g/mol. The van der Waals surface area contributed by atoms with E-state index in [2.05, 4.69) is 5.32 Å². The molecule has 2 N–H and O–H groups in total. The molecule has 1 aromatic carbocycles. The van der Waals surface area contributed by atoms with Gasteiger partial charge in [-0.1, -0.05) is 0 Å². The van der Waals surface area contributed by atoms with Gasteiger partial charge in [0.25, 0.3) is 11.7 Å². The summed E-state index contributed by atoms with van der Waals surface area (Å²) in [6, 6.07) is 8.98. The molecule has 0 atom stereocenters. The minimum Gasteiger partial charge on any atom is -0.710 e. The van der Waals surface area contributed by atoms with Gasteiger partial charge in [-0.2, -0.15) is 5.10 Å². The first-order chi connectivity index (χ1) is 15.2. The number of aliphatic hydroxyl groups is 1. The van der Waals surface area contributed by atoms with Crippen LogP contribution >= 0.6 is 0 Å². The third-order valence-electron chi connectivity index (χ3n) is 6.03. The zero-order valence-electron chi connectivity index (χ0n) is 18.9. The number of aliphatic hydroxyl groups excluding tert-OH is 1. The number of rotatable bonds is 5. The van der Waals surface area contributed by atoms with Gasteiger partial charge in [-0.3, -0.25) is 14.4 Å². The van der Waals surface area contributed by atoms with E-state index in [1.807, 2.05) is 42.0 Å². The highest BCUT2D eigenvalue weighted by atomic mass is 16.5. The maximum absolute atomic E-state index is 13.0. The second-order valence-corrected chi connectivity index (χ2v) is 8.81. The van der Waals surface area contributed by atoms with E-state index in [1.54, 1.807) is 31.1 Å². The van der Waals surface area contributed by atoms with E-state index in [9.17, 15) is 15.1 Å². The average Bonchev–Trinajstić information content (AvgIpc) is 3.16. The van der Waals surface area contributed by atoms with Gasteiger partial charge in [-0.25, -0.2) is 4.73 Å². The predicted molar refractivity (Wildman–Crippen MR) is 125 cm³/mol. The summed E-state index contributed by atoms with van der Waals surface area (Å²) in [4.78, 5) is 16.6. The lowest BCUT2D eigenvalue weighted by atomic mass is 9.93. The van der Waals surface area contributed by atoms with Gasteiger partial charge in [0.2, 0.25) is 0 Å². The van der Waals surface area contributed by atoms with Crippen molar-refractivity contribution in [2.24, 2.45) is 0 Å². The summed E-state index contributed by atoms with van der Waals surface area (Å²) in [7, 11) is 7.32. The fraction of sp³-hybridized carbons (Fsp3) is 0.435. The van der Waals surface area contributed by atoms with Crippen LogP contribution in [-0.2, 0) is 0 Å². The molecule has 4 rings (SSSR count). The number of benzene rings is 1. The minimum atomic E-state index is -0.472. The lowest BCUT2D eigenvalue weighted by Gasteiger charge is -2.25. The number of hydrogen-bond acceptors (Lipinski definition) is 6. The smallest absolute Gasteiger partial charge is 0.296 e. The van der Waals surface area contributed by atoms with Crippen LogP contribution in [0.15, 0.2) is 36.5 Å². The maximum Gasteiger partial charge on any atom is 0.296 e. The molecule has 0 spiro atoms. The first kappa shape index (κ1) is 21.9. The Bertz CT molecular complexity index is 1130. The van der Waals surface area contributed by atoms with Gasteiger partial charge in [0.05, 0.1) is 43.1 Å². The van der Waals surface area contributed by atoms with Gasteiger partial charge in [-0.15, -0.1) is 0 Å². The number of aromatic nitrogens is 3. The maximum atomic E-state index is 13.0. The summed E-state index contributed by atoms with van der Waals surface area (Å²) in [6.45, 7) is 0. The predicted octanol–water partition coefficient (Wildman–Crippen LogP) is 2.53. The van der Waals surface area contributed by atoms with E-state index in [-0.39, 0.29) is 17.8 Å². The lowest BCUT2D eigenvalue weighted by molar-refractivity contribution is -0.594. The molecule has 3 aromatic rings. The third-order valence-corrected chi connectivity index (χ3v) is 6.03.